The van der Waals surface area contributed by atoms with E-state index in [0.717, 1.165) is 5.56 Å². The predicted octanol–water partition coefficient (Wildman–Crippen LogP) is 1.25. The molecule has 104 valence electrons. The highest BCUT2D eigenvalue weighted by atomic mass is 16.3. The van der Waals surface area contributed by atoms with Gasteiger partial charge in [0.05, 0.1) is 6.61 Å². The van der Waals surface area contributed by atoms with Crippen LogP contribution in [0.3, 0.4) is 0 Å². The molecule has 0 spiro atoms. The second kappa shape index (κ2) is 6.89. The molecule has 0 aromatic heterocycles. The van der Waals surface area contributed by atoms with Gasteiger partial charge in [0.15, 0.2) is 0 Å². The number of rotatable bonds is 4. The number of amides is 2. The first-order chi connectivity index (χ1) is 8.95. The van der Waals surface area contributed by atoms with Crippen LogP contribution < -0.4 is 10.6 Å². The van der Waals surface area contributed by atoms with Crippen LogP contribution in [-0.2, 0) is 9.59 Å². The van der Waals surface area contributed by atoms with Crippen LogP contribution in [0.1, 0.15) is 32.3 Å². The van der Waals surface area contributed by atoms with E-state index in [2.05, 4.69) is 10.6 Å². The summed E-state index contributed by atoms with van der Waals surface area (Å²) >= 11 is 0. The number of aliphatic hydroxyl groups is 1. The Kier molecular flexibility index (Phi) is 5.51. The van der Waals surface area contributed by atoms with Crippen molar-refractivity contribution in [2.45, 2.75) is 32.7 Å². The van der Waals surface area contributed by atoms with Gasteiger partial charge in [0.2, 0.25) is 0 Å². The highest BCUT2D eigenvalue weighted by Gasteiger charge is 2.17. The maximum Gasteiger partial charge on any atom is 0.313 e. The fourth-order valence-corrected chi connectivity index (χ4v) is 1.63. The van der Waals surface area contributed by atoms with Crippen LogP contribution in [0.25, 0.3) is 0 Å². The molecular formula is C14H20N2O3. The normalized spacial score (nSPS) is 12.1. The minimum absolute atomic E-state index is 0.207. The average Bonchev–Trinajstić information content (AvgIpc) is 2.38. The molecule has 0 radical (unpaired) electrons. The standard InChI is InChI=1S/C14H20N2O3/c1-9(2)11-6-4-5-7-12(11)16-14(19)13(18)15-10(3)8-17/h4-7,9-10,17H,8H2,1-3H3,(H,15,18)(H,16,19). The Balaban J connectivity index is 2.74. The Morgan fingerprint density at radius 1 is 1.16 bits per heavy atom. The third-order valence-corrected chi connectivity index (χ3v) is 2.69. The summed E-state index contributed by atoms with van der Waals surface area (Å²) in [5, 5.41) is 13.8. The van der Waals surface area contributed by atoms with Crippen molar-refractivity contribution in [2.75, 3.05) is 11.9 Å². The number of benzene rings is 1. The molecule has 0 aliphatic heterocycles. The summed E-state index contributed by atoms with van der Waals surface area (Å²) in [6, 6.07) is 6.91. The molecule has 19 heavy (non-hydrogen) atoms. The van der Waals surface area contributed by atoms with E-state index >= 15 is 0 Å². The van der Waals surface area contributed by atoms with Gasteiger partial charge in [0.1, 0.15) is 0 Å². The Morgan fingerprint density at radius 2 is 1.79 bits per heavy atom. The minimum atomic E-state index is -0.750. The summed E-state index contributed by atoms with van der Waals surface area (Å²) in [6.07, 6.45) is 0. The number of carbonyl (C=O) groups excluding carboxylic acids is 2. The molecule has 0 aliphatic carbocycles. The molecule has 0 saturated carbocycles. The monoisotopic (exact) mass is 264 g/mol. The number of anilines is 1. The summed E-state index contributed by atoms with van der Waals surface area (Å²) in [5.74, 6) is -1.23. The van der Waals surface area contributed by atoms with Gasteiger partial charge in [0, 0.05) is 11.7 Å². The number of carbonyl (C=O) groups is 2. The van der Waals surface area contributed by atoms with Gasteiger partial charge < -0.3 is 15.7 Å². The van der Waals surface area contributed by atoms with Crippen molar-refractivity contribution < 1.29 is 14.7 Å². The van der Waals surface area contributed by atoms with Crippen LogP contribution in [0.5, 0.6) is 0 Å². The first-order valence-electron chi connectivity index (χ1n) is 6.27. The molecule has 0 fully saturated rings. The van der Waals surface area contributed by atoms with E-state index in [1.165, 1.54) is 0 Å². The van der Waals surface area contributed by atoms with Crippen molar-refractivity contribution in [2.24, 2.45) is 0 Å². The maximum absolute atomic E-state index is 11.7. The van der Waals surface area contributed by atoms with Gasteiger partial charge in [-0.3, -0.25) is 9.59 Å². The van der Waals surface area contributed by atoms with Crippen molar-refractivity contribution in [3.05, 3.63) is 29.8 Å². The zero-order chi connectivity index (χ0) is 14.4. The van der Waals surface area contributed by atoms with Gasteiger partial charge in [-0.25, -0.2) is 0 Å². The Labute approximate surface area is 113 Å². The lowest BCUT2D eigenvalue weighted by Crippen LogP contribution is -2.42. The van der Waals surface area contributed by atoms with Crippen LogP contribution in [0, 0.1) is 0 Å². The topological polar surface area (TPSA) is 78.4 Å². The molecule has 2 amide bonds. The molecular weight excluding hydrogens is 244 g/mol. The predicted molar refractivity (Wildman–Crippen MR) is 73.9 cm³/mol. The lowest BCUT2D eigenvalue weighted by Gasteiger charge is -2.14. The Bertz CT molecular complexity index is 458. The molecule has 0 aliphatic rings. The third-order valence-electron chi connectivity index (χ3n) is 2.69. The van der Waals surface area contributed by atoms with Crippen molar-refractivity contribution in [1.29, 1.82) is 0 Å². The van der Waals surface area contributed by atoms with Crippen LogP contribution in [0.15, 0.2) is 24.3 Å². The summed E-state index contributed by atoms with van der Waals surface area (Å²) in [7, 11) is 0. The zero-order valence-electron chi connectivity index (χ0n) is 11.4. The summed E-state index contributed by atoms with van der Waals surface area (Å²) < 4.78 is 0. The van der Waals surface area contributed by atoms with Gasteiger partial charge in [-0.15, -0.1) is 0 Å². The first kappa shape index (κ1) is 15.2. The molecule has 5 heteroatoms. The Morgan fingerprint density at radius 3 is 2.37 bits per heavy atom. The molecule has 1 rings (SSSR count). The van der Waals surface area contributed by atoms with E-state index in [0.29, 0.717) is 5.69 Å². The van der Waals surface area contributed by atoms with Crippen LogP contribution >= 0.6 is 0 Å². The molecule has 1 unspecified atom stereocenters. The average molecular weight is 264 g/mol. The lowest BCUT2D eigenvalue weighted by atomic mass is 10.0. The minimum Gasteiger partial charge on any atom is -0.394 e. The zero-order valence-corrected chi connectivity index (χ0v) is 11.4. The van der Waals surface area contributed by atoms with Gasteiger partial charge in [0.25, 0.3) is 0 Å². The fourth-order valence-electron chi connectivity index (χ4n) is 1.63. The summed E-state index contributed by atoms with van der Waals surface area (Å²) in [4.78, 5) is 23.3. The molecule has 0 bridgehead atoms. The molecule has 1 aromatic carbocycles. The van der Waals surface area contributed by atoms with Gasteiger partial charge in [-0.1, -0.05) is 32.0 Å². The molecule has 0 heterocycles. The van der Waals surface area contributed by atoms with Crippen molar-refractivity contribution in [1.82, 2.24) is 5.32 Å². The number of nitrogens with one attached hydrogen (secondary N) is 2. The van der Waals surface area contributed by atoms with E-state index in [9.17, 15) is 9.59 Å². The molecule has 5 nitrogen and oxygen atoms in total. The largest absolute Gasteiger partial charge is 0.394 e. The van der Waals surface area contributed by atoms with Crippen LogP contribution in [0.2, 0.25) is 0 Å². The molecule has 1 atom stereocenters. The number of hydrogen-bond acceptors (Lipinski definition) is 3. The van der Waals surface area contributed by atoms with E-state index in [1.54, 1.807) is 19.1 Å². The summed E-state index contributed by atoms with van der Waals surface area (Å²) in [6.45, 7) is 5.44. The highest BCUT2D eigenvalue weighted by molar-refractivity contribution is 6.39. The number of para-hydroxylation sites is 1. The smallest absolute Gasteiger partial charge is 0.313 e. The fraction of sp³-hybridized carbons (Fsp3) is 0.429. The maximum atomic E-state index is 11.7. The first-order valence-corrected chi connectivity index (χ1v) is 6.27. The van der Waals surface area contributed by atoms with Gasteiger partial charge in [-0.2, -0.15) is 0 Å². The third kappa shape index (κ3) is 4.37. The molecule has 0 saturated heterocycles. The molecule has 1 aromatic rings. The van der Waals surface area contributed by atoms with Crippen molar-refractivity contribution >= 4 is 17.5 Å². The second-order valence-corrected chi connectivity index (χ2v) is 4.75. The van der Waals surface area contributed by atoms with Crippen molar-refractivity contribution in [3.8, 4) is 0 Å². The quantitative estimate of drug-likeness (QED) is 0.716. The van der Waals surface area contributed by atoms with Crippen LogP contribution in [-0.4, -0.2) is 29.6 Å². The lowest BCUT2D eigenvalue weighted by molar-refractivity contribution is -0.136. The highest BCUT2D eigenvalue weighted by Crippen LogP contribution is 2.23. The van der Waals surface area contributed by atoms with E-state index in [4.69, 9.17) is 5.11 Å². The number of hydrogen-bond donors (Lipinski definition) is 3. The second-order valence-electron chi connectivity index (χ2n) is 4.75. The van der Waals surface area contributed by atoms with Gasteiger partial charge in [-0.05, 0) is 24.5 Å². The van der Waals surface area contributed by atoms with Crippen LogP contribution in [0.4, 0.5) is 5.69 Å². The van der Waals surface area contributed by atoms with Gasteiger partial charge >= 0.3 is 11.8 Å². The van der Waals surface area contributed by atoms with E-state index in [1.807, 2.05) is 26.0 Å². The number of aliphatic hydroxyl groups excluding tert-OH is 1. The van der Waals surface area contributed by atoms with E-state index < -0.39 is 17.9 Å². The summed E-state index contributed by atoms with van der Waals surface area (Å²) in [5.41, 5.74) is 1.60. The van der Waals surface area contributed by atoms with Crippen molar-refractivity contribution in [3.63, 3.8) is 0 Å². The SMILES string of the molecule is CC(CO)NC(=O)C(=O)Nc1ccccc1C(C)C. The Hall–Kier alpha value is -1.88. The molecule has 3 N–H and O–H groups in total. The van der Waals surface area contributed by atoms with E-state index in [-0.39, 0.29) is 12.5 Å².